The second kappa shape index (κ2) is 11.3. The zero-order chi connectivity index (χ0) is 18.7. The number of rotatable bonds is 12. The van der Waals surface area contributed by atoms with Gasteiger partial charge in [-0.15, -0.1) is 0 Å². The van der Waals surface area contributed by atoms with Crippen LogP contribution in [0.4, 0.5) is 11.4 Å². The molecular weight excluding hydrogens is 318 g/mol. The summed E-state index contributed by atoms with van der Waals surface area (Å²) in [5.74, 6) is -0.223. The van der Waals surface area contributed by atoms with Gasteiger partial charge in [0, 0.05) is 12.1 Å². The molecule has 1 aromatic rings. The molecule has 25 heavy (non-hydrogen) atoms. The van der Waals surface area contributed by atoms with Gasteiger partial charge in [0.05, 0.1) is 18.8 Å². The van der Waals surface area contributed by atoms with Crippen LogP contribution in [0.3, 0.4) is 0 Å². The second-order valence-electron chi connectivity index (χ2n) is 6.15. The van der Waals surface area contributed by atoms with Gasteiger partial charge in [-0.05, 0) is 43.5 Å². The van der Waals surface area contributed by atoms with Gasteiger partial charge in [0.1, 0.15) is 6.54 Å². The molecule has 0 radical (unpaired) electrons. The van der Waals surface area contributed by atoms with Gasteiger partial charge in [0.25, 0.3) is 0 Å². The second-order valence-corrected chi connectivity index (χ2v) is 6.15. The minimum absolute atomic E-state index is 0.0401. The van der Waals surface area contributed by atoms with Crippen molar-refractivity contribution in [1.29, 1.82) is 5.53 Å². The summed E-state index contributed by atoms with van der Waals surface area (Å²) in [6.45, 7) is 6.56. The van der Waals surface area contributed by atoms with Crippen LogP contribution in [0, 0.1) is 12.5 Å². The van der Waals surface area contributed by atoms with Crippen LogP contribution in [0.15, 0.2) is 23.3 Å². The summed E-state index contributed by atoms with van der Waals surface area (Å²) in [4.78, 5) is 26.0. The summed E-state index contributed by atoms with van der Waals surface area (Å²) >= 11 is 0. The van der Waals surface area contributed by atoms with Crippen molar-refractivity contribution in [3.05, 3.63) is 23.8 Å². The molecule has 1 N–H and O–H groups in total. The average Bonchev–Trinajstić information content (AvgIpc) is 2.59. The lowest BCUT2D eigenvalue weighted by Gasteiger charge is -2.24. The molecule has 0 bridgehead atoms. The third-order valence-corrected chi connectivity index (χ3v) is 3.92. The molecule has 1 rings (SSSR count). The molecule has 0 aliphatic carbocycles. The van der Waals surface area contributed by atoms with E-state index in [1.807, 2.05) is 26.8 Å². The fourth-order valence-electron chi connectivity index (χ4n) is 2.40. The molecule has 0 saturated heterocycles. The maximum atomic E-state index is 12.2. The summed E-state index contributed by atoms with van der Waals surface area (Å²) in [5.41, 5.74) is 9.31. The highest BCUT2D eigenvalue weighted by atomic mass is 16.5. The Kier molecular flexibility index (Phi) is 9.43. The van der Waals surface area contributed by atoms with E-state index in [9.17, 15) is 9.59 Å². The number of carbonyl (C=O) groups excluding carboxylic acids is 2. The fraction of sp³-hybridized carbons (Fsp3) is 0.579. The Labute approximate surface area is 150 Å². The van der Waals surface area contributed by atoms with Gasteiger partial charge in [0.15, 0.2) is 5.78 Å². The summed E-state index contributed by atoms with van der Waals surface area (Å²) in [7, 11) is 0. The summed E-state index contributed by atoms with van der Waals surface area (Å²) in [6, 6.07) is 5.36. The number of aryl methyl sites for hydroxylation is 1. The van der Waals surface area contributed by atoms with E-state index in [1.165, 1.54) is 0 Å². The molecule has 6 nitrogen and oxygen atoms in total. The number of nitrogens with one attached hydrogen (secondary N) is 1. The van der Waals surface area contributed by atoms with E-state index in [0.717, 1.165) is 36.9 Å². The first-order valence-electron chi connectivity index (χ1n) is 8.92. The molecule has 0 spiro atoms. The first kappa shape index (κ1) is 20.8. The number of Topliss-reactive ketones (excluding diaryl/α,β-unsaturated/α-hetero) is 1. The zero-order valence-corrected chi connectivity index (χ0v) is 15.5. The third kappa shape index (κ3) is 7.45. The van der Waals surface area contributed by atoms with Crippen molar-refractivity contribution >= 4 is 23.1 Å². The number of hydrogen-bond acceptors (Lipinski definition) is 6. The van der Waals surface area contributed by atoms with Gasteiger partial charge in [0.2, 0.25) is 0 Å². The molecule has 138 valence electrons. The Morgan fingerprint density at radius 2 is 1.88 bits per heavy atom. The molecule has 0 amide bonds. The topological polar surface area (TPSA) is 82.8 Å². The van der Waals surface area contributed by atoms with Crippen molar-refractivity contribution in [2.75, 3.05) is 24.6 Å². The molecule has 6 heteroatoms. The van der Waals surface area contributed by atoms with Crippen LogP contribution in [-0.2, 0) is 14.3 Å². The minimum atomic E-state index is -0.330. The molecule has 0 atom stereocenters. The van der Waals surface area contributed by atoms with Gasteiger partial charge in [-0.25, -0.2) is 5.53 Å². The van der Waals surface area contributed by atoms with Crippen LogP contribution >= 0.6 is 0 Å². The minimum Gasteiger partial charge on any atom is -0.464 e. The number of ketones is 1. The number of hydrogen-bond donors (Lipinski definition) is 1. The van der Waals surface area contributed by atoms with E-state index < -0.39 is 0 Å². The maximum absolute atomic E-state index is 12.2. The van der Waals surface area contributed by atoms with E-state index in [-0.39, 0.29) is 24.8 Å². The normalized spacial score (nSPS) is 10.4. The molecule has 0 unspecified atom stereocenters. The van der Waals surface area contributed by atoms with Crippen LogP contribution in [0.2, 0.25) is 0 Å². The lowest BCUT2D eigenvalue weighted by atomic mass is 10.1. The summed E-state index contributed by atoms with van der Waals surface area (Å²) in [6.07, 6.45) is 4.12. The van der Waals surface area contributed by atoms with Crippen LogP contribution in [0.5, 0.6) is 0 Å². The van der Waals surface area contributed by atoms with Crippen LogP contribution in [0.25, 0.3) is 0 Å². The van der Waals surface area contributed by atoms with E-state index >= 15 is 0 Å². The monoisotopic (exact) mass is 347 g/mol. The largest absolute Gasteiger partial charge is 0.464 e. The van der Waals surface area contributed by atoms with Gasteiger partial charge >= 0.3 is 5.97 Å². The third-order valence-electron chi connectivity index (χ3n) is 3.92. The predicted molar refractivity (Wildman–Crippen MR) is 98.6 cm³/mol. The van der Waals surface area contributed by atoms with Gasteiger partial charge in [-0.2, -0.15) is 5.11 Å². The first-order valence-corrected chi connectivity index (χ1v) is 8.92. The molecule has 0 aliphatic rings. The number of ether oxygens (including phenoxy) is 1. The Morgan fingerprint density at radius 3 is 2.48 bits per heavy atom. The van der Waals surface area contributed by atoms with Crippen molar-refractivity contribution in [2.45, 2.75) is 52.9 Å². The molecule has 0 fully saturated rings. The van der Waals surface area contributed by atoms with Gasteiger partial charge in [-0.1, -0.05) is 26.7 Å². The number of unbranched alkanes of at least 4 members (excludes halogenated alkanes) is 2. The number of esters is 1. The Bertz CT molecular complexity index is 587. The highest BCUT2D eigenvalue weighted by molar-refractivity contribution is 5.86. The van der Waals surface area contributed by atoms with Crippen LogP contribution in [-0.4, -0.2) is 31.4 Å². The number of carbonyl (C=O) groups is 2. The molecule has 0 aromatic heterocycles. The Balaban J connectivity index is 2.86. The Morgan fingerprint density at radius 1 is 1.16 bits per heavy atom. The smallest absolute Gasteiger partial charge is 0.325 e. The summed E-state index contributed by atoms with van der Waals surface area (Å²) in [5, 5.41) is 3.46. The lowest BCUT2D eigenvalue weighted by molar-refractivity contribution is -0.142. The molecule has 0 aliphatic heterocycles. The van der Waals surface area contributed by atoms with Gasteiger partial charge in [-0.3, -0.25) is 9.59 Å². The Hall–Kier alpha value is -2.24. The standard InChI is InChI=1S/C19H29N3O3/c1-4-6-8-17(23)13-22(14-19(24)25-11-7-5-2)16-9-10-18(21-20)15(3)12-16/h9-10,12,20H,4-8,11,13-14H2,1-3H3. The quantitative estimate of drug-likeness (QED) is 0.341. The lowest BCUT2D eigenvalue weighted by Crippen LogP contribution is -2.35. The van der Waals surface area contributed by atoms with Gasteiger partial charge < -0.3 is 9.64 Å². The molecular formula is C19H29N3O3. The fourth-order valence-corrected chi connectivity index (χ4v) is 2.40. The van der Waals surface area contributed by atoms with Crippen LogP contribution in [0.1, 0.15) is 51.5 Å². The molecule has 0 heterocycles. The van der Waals surface area contributed by atoms with E-state index in [2.05, 4.69) is 5.11 Å². The van der Waals surface area contributed by atoms with Crippen molar-refractivity contribution in [2.24, 2.45) is 5.11 Å². The van der Waals surface area contributed by atoms with Crippen molar-refractivity contribution in [3.8, 4) is 0 Å². The highest BCUT2D eigenvalue weighted by Crippen LogP contribution is 2.24. The van der Waals surface area contributed by atoms with Crippen molar-refractivity contribution in [3.63, 3.8) is 0 Å². The molecule has 1 aromatic carbocycles. The molecule has 0 saturated carbocycles. The maximum Gasteiger partial charge on any atom is 0.325 e. The number of anilines is 1. The summed E-state index contributed by atoms with van der Waals surface area (Å²) < 4.78 is 5.23. The van der Waals surface area contributed by atoms with Crippen molar-refractivity contribution < 1.29 is 14.3 Å². The average molecular weight is 347 g/mol. The van der Waals surface area contributed by atoms with E-state index in [4.69, 9.17) is 10.3 Å². The van der Waals surface area contributed by atoms with E-state index in [1.54, 1.807) is 17.0 Å². The SMILES string of the molecule is CCCCOC(=O)CN(CC(=O)CCCC)c1ccc(N=N)c(C)c1. The number of benzene rings is 1. The van der Waals surface area contributed by atoms with Crippen LogP contribution < -0.4 is 4.90 Å². The highest BCUT2D eigenvalue weighted by Gasteiger charge is 2.17. The zero-order valence-electron chi connectivity index (χ0n) is 15.5. The van der Waals surface area contributed by atoms with E-state index in [0.29, 0.717) is 18.7 Å². The van der Waals surface area contributed by atoms with Crippen molar-refractivity contribution in [1.82, 2.24) is 0 Å². The predicted octanol–water partition coefficient (Wildman–Crippen LogP) is 4.57. The number of nitrogens with zero attached hydrogens (tertiary/aromatic N) is 2. The first-order chi connectivity index (χ1) is 12.0.